The fraction of sp³-hybridized carbons (Fsp3) is 0.375. The molecule has 1 saturated heterocycles. The monoisotopic (exact) mass is 322 g/mol. The van der Waals surface area contributed by atoms with Crippen LogP contribution in [0.3, 0.4) is 0 Å². The van der Waals surface area contributed by atoms with Gasteiger partial charge >= 0.3 is 0 Å². The molecule has 1 aliphatic rings. The second-order valence-corrected chi connectivity index (χ2v) is 6.53. The molecule has 0 spiro atoms. The Bertz CT molecular complexity index is 601. The minimum atomic E-state index is 0.305. The van der Waals surface area contributed by atoms with Crippen LogP contribution in [0.4, 0.5) is 0 Å². The first kappa shape index (κ1) is 14.9. The number of benzene rings is 1. The first-order valence-corrected chi connectivity index (χ1v) is 8.35. The predicted octanol–water partition coefficient (Wildman–Crippen LogP) is 3.56. The minimum Gasteiger partial charge on any atom is -0.496 e. The van der Waals surface area contributed by atoms with E-state index in [4.69, 9.17) is 16.3 Å². The molecule has 2 heterocycles. The summed E-state index contributed by atoms with van der Waals surface area (Å²) in [5.41, 5.74) is 1.20. The lowest BCUT2D eigenvalue weighted by atomic mass is 10.0. The molecular formula is C16H19ClN2OS. The maximum absolute atomic E-state index is 6.39. The number of halogens is 1. The quantitative estimate of drug-likeness (QED) is 0.931. The van der Waals surface area contributed by atoms with Crippen molar-refractivity contribution in [2.45, 2.75) is 12.6 Å². The average Bonchev–Trinajstić information content (AvgIpc) is 2.96. The smallest absolute Gasteiger partial charge is 0.134 e. The molecule has 1 aliphatic heterocycles. The third-order valence-electron chi connectivity index (χ3n) is 3.89. The van der Waals surface area contributed by atoms with Crippen LogP contribution in [-0.4, -0.2) is 31.6 Å². The van der Waals surface area contributed by atoms with Crippen molar-refractivity contribution in [1.82, 2.24) is 10.2 Å². The highest BCUT2D eigenvalue weighted by Gasteiger charge is 2.26. The van der Waals surface area contributed by atoms with Gasteiger partial charge in [0.2, 0.25) is 0 Å². The molecule has 0 amide bonds. The summed E-state index contributed by atoms with van der Waals surface area (Å²) in [5, 5.41) is 6.40. The summed E-state index contributed by atoms with van der Waals surface area (Å²) in [5.74, 6) is 0.983. The molecule has 0 bridgehead atoms. The molecule has 2 aromatic rings. The average molecular weight is 323 g/mol. The van der Waals surface area contributed by atoms with E-state index in [2.05, 4.69) is 27.7 Å². The third kappa shape index (κ3) is 3.24. The first-order chi connectivity index (χ1) is 10.3. The van der Waals surface area contributed by atoms with Gasteiger partial charge in [0.05, 0.1) is 12.0 Å². The van der Waals surface area contributed by atoms with Gasteiger partial charge in [0.15, 0.2) is 0 Å². The largest absolute Gasteiger partial charge is 0.496 e. The molecule has 0 saturated carbocycles. The van der Waals surface area contributed by atoms with Gasteiger partial charge in [-0.2, -0.15) is 0 Å². The van der Waals surface area contributed by atoms with Gasteiger partial charge in [-0.1, -0.05) is 29.8 Å². The summed E-state index contributed by atoms with van der Waals surface area (Å²) in [4.78, 5) is 3.75. The molecule has 112 valence electrons. The van der Waals surface area contributed by atoms with E-state index in [9.17, 15) is 0 Å². The third-order valence-corrected chi connectivity index (χ3v) is 5.12. The number of nitrogens with zero attached hydrogens (tertiary/aromatic N) is 1. The van der Waals surface area contributed by atoms with E-state index in [0.29, 0.717) is 6.04 Å². The Morgan fingerprint density at radius 3 is 3.05 bits per heavy atom. The summed E-state index contributed by atoms with van der Waals surface area (Å²) >= 11 is 8.14. The molecule has 5 heteroatoms. The van der Waals surface area contributed by atoms with E-state index in [-0.39, 0.29) is 0 Å². The Kier molecular flexibility index (Phi) is 4.80. The molecule has 21 heavy (non-hydrogen) atoms. The zero-order chi connectivity index (χ0) is 14.7. The number of hydrogen-bond acceptors (Lipinski definition) is 4. The van der Waals surface area contributed by atoms with Gasteiger partial charge in [-0.25, -0.2) is 0 Å². The first-order valence-electron chi connectivity index (χ1n) is 7.09. The minimum absolute atomic E-state index is 0.305. The number of piperazine rings is 1. The van der Waals surface area contributed by atoms with Crippen LogP contribution in [0.25, 0.3) is 0 Å². The molecule has 3 nitrogen and oxygen atoms in total. The lowest BCUT2D eigenvalue weighted by Gasteiger charge is -2.36. The number of ether oxygens (including phenoxy) is 1. The Labute approximate surface area is 134 Å². The zero-order valence-electron chi connectivity index (χ0n) is 12.0. The second-order valence-electron chi connectivity index (χ2n) is 5.12. The maximum atomic E-state index is 6.39. The summed E-state index contributed by atoms with van der Waals surface area (Å²) in [7, 11) is 1.73. The van der Waals surface area contributed by atoms with Gasteiger partial charge in [0.1, 0.15) is 5.75 Å². The molecule has 1 aromatic heterocycles. The van der Waals surface area contributed by atoms with Gasteiger partial charge in [-0.15, -0.1) is 11.3 Å². The molecule has 0 radical (unpaired) electrons. The highest BCUT2D eigenvalue weighted by atomic mass is 35.5. The molecule has 1 unspecified atom stereocenters. The summed E-state index contributed by atoms with van der Waals surface area (Å²) in [6.45, 7) is 3.85. The zero-order valence-corrected chi connectivity index (χ0v) is 13.6. The lowest BCUT2D eigenvalue weighted by molar-refractivity contribution is 0.154. The lowest BCUT2D eigenvalue weighted by Crippen LogP contribution is -2.45. The van der Waals surface area contributed by atoms with E-state index in [0.717, 1.165) is 37.0 Å². The van der Waals surface area contributed by atoms with Crippen molar-refractivity contribution in [3.05, 3.63) is 51.2 Å². The van der Waals surface area contributed by atoms with Crippen LogP contribution in [0.15, 0.2) is 35.7 Å². The van der Waals surface area contributed by atoms with Crippen molar-refractivity contribution in [2.24, 2.45) is 0 Å². The van der Waals surface area contributed by atoms with Crippen molar-refractivity contribution in [2.75, 3.05) is 26.7 Å². The molecule has 1 N–H and O–H groups in total. The van der Waals surface area contributed by atoms with Crippen molar-refractivity contribution in [1.29, 1.82) is 0 Å². The number of thiophene rings is 1. The van der Waals surface area contributed by atoms with Crippen molar-refractivity contribution in [3.8, 4) is 5.75 Å². The standard InChI is InChI=1S/C16H19ClN2OS/c1-20-15-6-9-21-16(15)11-19-8-7-18-10-14(19)12-4-2-3-5-13(12)17/h2-6,9,14,18H,7-8,10-11H2,1H3. The summed E-state index contributed by atoms with van der Waals surface area (Å²) < 4.78 is 5.43. The highest BCUT2D eigenvalue weighted by molar-refractivity contribution is 7.10. The van der Waals surface area contributed by atoms with E-state index < -0.39 is 0 Å². The molecule has 3 rings (SSSR count). The van der Waals surface area contributed by atoms with E-state index >= 15 is 0 Å². The molecular weight excluding hydrogens is 304 g/mol. The van der Waals surface area contributed by atoms with Gasteiger partial charge in [-0.05, 0) is 23.1 Å². The maximum Gasteiger partial charge on any atom is 0.134 e. The van der Waals surface area contributed by atoms with Crippen LogP contribution >= 0.6 is 22.9 Å². The van der Waals surface area contributed by atoms with E-state index in [1.54, 1.807) is 18.4 Å². The molecule has 1 aromatic carbocycles. The Hall–Kier alpha value is -1.07. The summed E-state index contributed by atoms with van der Waals surface area (Å²) in [6.07, 6.45) is 0. The van der Waals surface area contributed by atoms with Crippen LogP contribution in [-0.2, 0) is 6.54 Å². The summed E-state index contributed by atoms with van der Waals surface area (Å²) in [6, 6.07) is 10.5. The number of rotatable bonds is 4. The fourth-order valence-corrected chi connectivity index (χ4v) is 3.92. The van der Waals surface area contributed by atoms with Gasteiger partial charge in [-0.3, -0.25) is 4.90 Å². The van der Waals surface area contributed by atoms with Crippen LogP contribution < -0.4 is 10.1 Å². The van der Waals surface area contributed by atoms with Gasteiger partial charge in [0.25, 0.3) is 0 Å². The normalized spacial score (nSPS) is 19.6. The van der Waals surface area contributed by atoms with Crippen molar-refractivity contribution < 1.29 is 4.74 Å². The Balaban J connectivity index is 1.83. The number of methoxy groups -OCH3 is 1. The van der Waals surface area contributed by atoms with Crippen molar-refractivity contribution >= 4 is 22.9 Å². The molecule has 0 aliphatic carbocycles. The van der Waals surface area contributed by atoms with E-state index in [1.807, 2.05) is 18.2 Å². The molecule has 1 fully saturated rings. The Morgan fingerprint density at radius 2 is 2.24 bits per heavy atom. The van der Waals surface area contributed by atoms with Gasteiger partial charge < -0.3 is 10.1 Å². The number of hydrogen-bond donors (Lipinski definition) is 1. The highest BCUT2D eigenvalue weighted by Crippen LogP contribution is 2.32. The predicted molar refractivity (Wildman–Crippen MR) is 88.3 cm³/mol. The number of nitrogens with one attached hydrogen (secondary N) is 1. The Morgan fingerprint density at radius 1 is 1.38 bits per heavy atom. The van der Waals surface area contributed by atoms with E-state index in [1.165, 1.54) is 10.4 Å². The van der Waals surface area contributed by atoms with Crippen molar-refractivity contribution in [3.63, 3.8) is 0 Å². The second kappa shape index (κ2) is 6.79. The SMILES string of the molecule is COc1ccsc1CN1CCNCC1c1ccccc1Cl. The van der Waals surface area contributed by atoms with Crippen LogP contribution in [0.1, 0.15) is 16.5 Å². The van der Waals surface area contributed by atoms with Crippen LogP contribution in [0.5, 0.6) is 5.75 Å². The topological polar surface area (TPSA) is 24.5 Å². The fourth-order valence-electron chi connectivity index (χ4n) is 2.80. The van der Waals surface area contributed by atoms with Crippen LogP contribution in [0, 0.1) is 0 Å². The molecule has 1 atom stereocenters. The van der Waals surface area contributed by atoms with Gasteiger partial charge in [0, 0.05) is 37.2 Å². The van der Waals surface area contributed by atoms with Crippen LogP contribution in [0.2, 0.25) is 5.02 Å².